The van der Waals surface area contributed by atoms with E-state index in [0.29, 0.717) is 12.3 Å². The maximum Gasteiger partial charge on any atom is 0.169 e. The summed E-state index contributed by atoms with van der Waals surface area (Å²) in [5.74, 6) is 0.0895. The highest BCUT2D eigenvalue weighted by Crippen LogP contribution is 2.35. The van der Waals surface area contributed by atoms with Gasteiger partial charge in [0.05, 0.1) is 23.7 Å². The van der Waals surface area contributed by atoms with E-state index in [2.05, 4.69) is 5.32 Å². The van der Waals surface area contributed by atoms with E-state index in [1.54, 1.807) is 24.3 Å². The molecule has 0 atom stereocenters. The monoisotopic (exact) mass is 309 g/mol. The van der Waals surface area contributed by atoms with Crippen molar-refractivity contribution in [3.63, 3.8) is 0 Å². The van der Waals surface area contributed by atoms with Crippen molar-refractivity contribution in [1.82, 2.24) is 0 Å². The Morgan fingerprint density at radius 2 is 1.86 bits per heavy atom. The maximum atomic E-state index is 14.1. The second kappa shape index (κ2) is 6.54. The lowest BCUT2D eigenvalue weighted by Gasteiger charge is -2.13. The molecule has 0 radical (unpaired) electrons. The Morgan fingerprint density at radius 3 is 2.48 bits per heavy atom. The summed E-state index contributed by atoms with van der Waals surface area (Å²) >= 11 is 5.79. The number of hydrogen-bond donors (Lipinski definition) is 3. The van der Waals surface area contributed by atoms with Gasteiger partial charge in [0, 0.05) is 5.69 Å². The fourth-order valence-electron chi connectivity index (χ4n) is 1.79. The standard InChI is InChI=1S/C15H17ClFN3O/c1-2-7-21-10-5-3-9(4-6-10)20-15-12(19)8-11(18)13(16)14(15)17/h3-6,8,20H,2,7,18-19H2,1H3. The molecule has 0 fully saturated rings. The summed E-state index contributed by atoms with van der Waals surface area (Å²) in [5, 5.41) is 2.75. The molecule has 4 nitrogen and oxygen atoms in total. The average Bonchev–Trinajstić information content (AvgIpc) is 2.48. The lowest BCUT2D eigenvalue weighted by molar-refractivity contribution is 0.317. The Kier molecular flexibility index (Phi) is 4.75. The van der Waals surface area contributed by atoms with Crippen LogP contribution in [0, 0.1) is 5.82 Å². The zero-order valence-electron chi connectivity index (χ0n) is 11.6. The zero-order valence-corrected chi connectivity index (χ0v) is 12.4. The number of halogens is 2. The van der Waals surface area contributed by atoms with Gasteiger partial charge >= 0.3 is 0 Å². The fraction of sp³-hybridized carbons (Fsp3) is 0.200. The van der Waals surface area contributed by atoms with Gasteiger partial charge in [0.1, 0.15) is 10.8 Å². The minimum atomic E-state index is -0.666. The van der Waals surface area contributed by atoms with Gasteiger partial charge in [-0.2, -0.15) is 0 Å². The number of nitrogen functional groups attached to an aromatic ring is 2. The average molecular weight is 310 g/mol. The number of anilines is 4. The highest BCUT2D eigenvalue weighted by Gasteiger charge is 2.14. The molecule has 0 heterocycles. The third kappa shape index (κ3) is 3.49. The molecule has 0 amide bonds. The summed E-state index contributed by atoms with van der Waals surface area (Å²) in [6.45, 7) is 2.69. The van der Waals surface area contributed by atoms with Crippen LogP contribution in [0.1, 0.15) is 13.3 Å². The van der Waals surface area contributed by atoms with Gasteiger partial charge in [-0.25, -0.2) is 4.39 Å². The SMILES string of the molecule is CCCOc1ccc(Nc2c(N)cc(N)c(Cl)c2F)cc1. The Bertz CT molecular complexity index is 632. The normalized spacial score (nSPS) is 10.4. The first-order chi connectivity index (χ1) is 10.0. The van der Waals surface area contributed by atoms with Crippen molar-refractivity contribution < 1.29 is 9.13 Å². The molecule has 0 bridgehead atoms. The molecule has 2 aromatic rings. The van der Waals surface area contributed by atoms with E-state index in [0.717, 1.165) is 12.2 Å². The summed E-state index contributed by atoms with van der Waals surface area (Å²) in [5.41, 5.74) is 12.4. The van der Waals surface area contributed by atoms with Crippen molar-refractivity contribution >= 4 is 34.4 Å². The molecule has 0 spiro atoms. The molecule has 5 N–H and O–H groups in total. The van der Waals surface area contributed by atoms with E-state index in [1.165, 1.54) is 6.07 Å². The summed E-state index contributed by atoms with van der Waals surface area (Å²) in [6, 6.07) is 8.56. The topological polar surface area (TPSA) is 73.3 Å². The lowest BCUT2D eigenvalue weighted by Crippen LogP contribution is -2.02. The van der Waals surface area contributed by atoms with Crippen LogP contribution in [0.5, 0.6) is 5.75 Å². The van der Waals surface area contributed by atoms with Crippen molar-refractivity contribution in [3.05, 3.63) is 41.2 Å². The van der Waals surface area contributed by atoms with E-state index in [9.17, 15) is 4.39 Å². The minimum absolute atomic E-state index is 0.108. The minimum Gasteiger partial charge on any atom is -0.494 e. The second-order valence-corrected chi connectivity index (χ2v) is 4.93. The van der Waals surface area contributed by atoms with Crippen LogP contribution in [0.2, 0.25) is 5.02 Å². The van der Waals surface area contributed by atoms with Crippen molar-refractivity contribution in [1.29, 1.82) is 0 Å². The largest absolute Gasteiger partial charge is 0.494 e. The van der Waals surface area contributed by atoms with Crippen LogP contribution in [-0.4, -0.2) is 6.61 Å². The van der Waals surface area contributed by atoms with Gasteiger partial charge in [-0.1, -0.05) is 18.5 Å². The van der Waals surface area contributed by atoms with Gasteiger partial charge in [-0.15, -0.1) is 0 Å². The van der Waals surface area contributed by atoms with Crippen molar-refractivity contribution in [3.8, 4) is 5.75 Å². The molecule has 0 aliphatic rings. The first kappa shape index (κ1) is 15.3. The third-order valence-corrected chi connectivity index (χ3v) is 3.25. The summed E-state index contributed by atoms with van der Waals surface area (Å²) in [6.07, 6.45) is 0.936. The molecule has 112 valence electrons. The molecule has 0 aliphatic carbocycles. The quantitative estimate of drug-likeness (QED) is 0.725. The van der Waals surface area contributed by atoms with E-state index < -0.39 is 5.82 Å². The summed E-state index contributed by atoms with van der Waals surface area (Å²) in [7, 11) is 0. The van der Waals surface area contributed by atoms with Crippen LogP contribution in [0.25, 0.3) is 0 Å². The van der Waals surface area contributed by atoms with E-state index in [1.807, 2.05) is 6.92 Å². The van der Waals surface area contributed by atoms with E-state index in [4.69, 9.17) is 27.8 Å². The molecule has 0 aliphatic heterocycles. The summed E-state index contributed by atoms with van der Waals surface area (Å²) in [4.78, 5) is 0. The number of nitrogens with two attached hydrogens (primary N) is 2. The van der Waals surface area contributed by atoms with Crippen LogP contribution < -0.4 is 21.5 Å². The molecule has 21 heavy (non-hydrogen) atoms. The number of hydrogen-bond acceptors (Lipinski definition) is 4. The van der Waals surface area contributed by atoms with Gasteiger partial charge in [0.25, 0.3) is 0 Å². The number of nitrogens with one attached hydrogen (secondary N) is 1. The molecule has 2 aromatic carbocycles. The van der Waals surface area contributed by atoms with Crippen LogP contribution in [0.3, 0.4) is 0 Å². The van der Waals surface area contributed by atoms with Gasteiger partial charge in [-0.05, 0) is 36.8 Å². The summed E-state index contributed by atoms with van der Waals surface area (Å²) < 4.78 is 19.6. The molecule has 0 aromatic heterocycles. The van der Waals surface area contributed by atoms with Crippen molar-refractivity contribution in [2.24, 2.45) is 0 Å². The lowest BCUT2D eigenvalue weighted by atomic mass is 10.2. The highest BCUT2D eigenvalue weighted by molar-refractivity contribution is 6.33. The molecule has 0 saturated heterocycles. The van der Waals surface area contributed by atoms with Gasteiger partial charge < -0.3 is 21.5 Å². The number of benzene rings is 2. The molecular weight excluding hydrogens is 293 g/mol. The Hall–Kier alpha value is -2.14. The molecule has 0 saturated carbocycles. The van der Waals surface area contributed by atoms with Gasteiger partial charge in [0.15, 0.2) is 5.82 Å². The molecular formula is C15H17ClFN3O. The molecule has 0 unspecified atom stereocenters. The van der Waals surface area contributed by atoms with E-state index >= 15 is 0 Å². The smallest absolute Gasteiger partial charge is 0.169 e. The Morgan fingerprint density at radius 1 is 1.19 bits per heavy atom. The third-order valence-electron chi connectivity index (χ3n) is 2.86. The second-order valence-electron chi connectivity index (χ2n) is 4.56. The Labute approximate surface area is 127 Å². The van der Waals surface area contributed by atoms with Crippen LogP contribution in [0.4, 0.5) is 27.1 Å². The number of ether oxygens (including phenoxy) is 1. The molecule has 6 heteroatoms. The number of rotatable bonds is 5. The zero-order chi connectivity index (χ0) is 15.4. The predicted molar refractivity (Wildman–Crippen MR) is 85.7 cm³/mol. The van der Waals surface area contributed by atoms with E-state index in [-0.39, 0.29) is 22.1 Å². The fourth-order valence-corrected chi connectivity index (χ4v) is 1.94. The van der Waals surface area contributed by atoms with Crippen molar-refractivity contribution in [2.75, 3.05) is 23.4 Å². The first-order valence-corrected chi connectivity index (χ1v) is 6.93. The molecule has 2 rings (SSSR count). The van der Waals surface area contributed by atoms with Gasteiger partial charge in [-0.3, -0.25) is 0 Å². The Balaban J connectivity index is 2.20. The predicted octanol–water partition coefficient (Wildman–Crippen LogP) is 4.18. The van der Waals surface area contributed by atoms with Crippen LogP contribution >= 0.6 is 11.6 Å². The van der Waals surface area contributed by atoms with Crippen molar-refractivity contribution in [2.45, 2.75) is 13.3 Å². The maximum absolute atomic E-state index is 14.1. The highest BCUT2D eigenvalue weighted by atomic mass is 35.5. The van der Waals surface area contributed by atoms with Crippen LogP contribution in [-0.2, 0) is 0 Å². The van der Waals surface area contributed by atoms with Crippen LogP contribution in [0.15, 0.2) is 30.3 Å². The van der Waals surface area contributed by atoms with Gasteiger partial charge in [0.2, 0.25) is 0 Å². The first-order valence-electron chi connectivity index (χ1n) is 6.55.